The van der Waals surface area contributed by atoms with E-state index in [1.165, 1.54) is 0 Å². The molecular formula is C12H15N5O2. The standard InChI is InChI=1S/C12H15N5O2/c1-19-9-4-2-8(3-5-9)14-7-12-15-11(16-17-12)6-10(13)18/h2-5,14H,6-7H2,1H3,(H2,13,18)(H,15,16,17). The summed E-state index contributed by atoms with van der Waals surface area (Å²) in [7, 11) is 1.62. The van der Waals surface area contributed by atoms with Gasteiger partial charge in [-0.1, -0.05) is 0 Å². The number of H-pyrrole nitrogens is 1. The van der Waals surface area contributed by atoms with Gasteiger partial charge in [0.15, 0.2) is 5.82 Å². The van der Waals surface area contributed by atoms with Crippen molar-refractivity contribution in [3.8, 4) is 5.75 Å². The van der Waals surface area contributed by atoms with Gasteiger partial charge < -0.3 is 15.8 Å². The average molecular weight is 261 g/mol. The molecule has 7 nitrogen and oxygen atoms in total. The molecule has 19 heavy (non-hydrogen) atoms. The smallest absolute Gasteiger partial charge is 0.225 e. The number of aromatic nitrogens is 3. The highest BCUT2D eigenvalue weighted by Crippen LogP contribution is 2.15. The first kappa shape index (κ1) is 12.9. The second kappa shape index (κ2) is 5.85. The lowest BCUT2D eigenvalue weighted by atomic mass is 10.3. The number of methoxy groups -OCH3 is 1. The van der Waals surface area contributed by atoms with Crippen LogP contribution < -0.4 is 15.8 Å². The van der Waals surface area contributed by atoms with E-state index in [0.29, 0.717) is 18.2 Å². The topological polar surface area (TPSA) is 106 Å². The summed E-state index contributed by atoms with van der Waals surface area (Å²) >= 11 is 0. The number of ether oxygens (including phenoxy) is 1. The van der Waals surface area contributed by atoms with Crippen LogP contribution in [-0.4, -0.2) is 28.2 Å². The number of hydrogen-bond acceptors (Lipinski definition) is 5. The predicted molar refractivity (Wildman–Crippen MR) is 69.6 cm³/mol. The average Bonchev–Trinajstić information content (AvgIpc) is 2.84. The van der Waals surface area contributed by atoms with E-state index in [-0.39, 0.29) is 6.42 Å². The molecule has 1 heterocycles. The number of nitrogens with two attached hydrogens (primary N) is 1. The second-order valence-corrected chi connectivity index (χ2v) is 3.92. The van der Waals surface area contributed by atoms with Crippen LogP contribution in [0.15, 0.2) is 24.3 Å². The molecule has 2 rings (SSSR count). The second-order valence-electron chi connectivity index (χ2n) is 3.92. The summed E-state index contributed by atoms with van der Waals surface area (Å²) < 4.78 is 5.07. The SMILES string of the molecule is COc1ccc(NCc2nc(CC(N)=O)n[nH]2)cc1. The van der Waals surface area contributed by atoms with Crippen molar-refractivity contribution in [2.75, 3.05) is 12.4 Å². The Kier molecular flexibility index (Phi) is 3.97. The number of carbonyl (C=O) groups is 1. The van der Waals surface area contributed by atoms with Crippen LogP contribution in [0.1, 0.15) is 11.6 Å². The molecule has 0 unspecified atom stereocenters. The molecule has 1 aromatic heterocycles. The molecular weight excluding hydrogens is 246 g/mol. The van der Waals surface area contributed by atoms with Crippen molar-refractivity contribution in [1.82, 2.24) is 15.2 Å². The van der Waals surface area contributed by atoms with Gasteiger partial charge >= 0.3 is 0 Å². The molecule has 0 saturated carbocycles. The molecule has 7 heteroatoms. The van der Waals surface area contributed by atoms with Crippen molar-refractivity contribution in [2.24, 2.45) is 5.73 Å². The lowest BCUT2D eigenvalue weighted by Gasteiger charge is -2.05. The Hall–Kier alpha value is -2.57. The highest BCUT2D eigenvalue weighted by atomic mass is 16.5. The fourth-order valence-electron chi connectivity index (χ4n) is 1.54. The molecule has 0 radical (unpaired) electrons. The third-order valence-electron chi connectivity index (χ3n) is 2.46. The molecule has 2 aromatic rings. The maximum atomic E-state index is 10.7. The predicted octanol–water partition coefficient (Wildman–Crippen LogP) is 0.453. The summed E-state index contributed by atoms with van der Waals surface area (Å²) in [6.07, 6.45) is 0.0407. The van der Waals surface area contributed by atoms with E-state index in [1.54, 1.807) is 7.11 Å². The van der Waals surface area contributed by atoms with Crippen LogP contribution in [0, 0.1) is 0 Å². The zero-order valence-corrected chi connectivity index (χ0v) is 10.5. The van der Waals surface area contributed by atoms with Crippen molar-refractivity contribution in [1.29, 1.82) is 0 Å². The van der Waals surface area contributed by atoms with Crippen molar-refractivity contribution >= 4 is 11.6 Å². The lowest BCUT2D eigenvalue weighted by molar-refractivity contribution is -0.117. The number of amides is 1. The van der Waals surface area contributed by atoms with E-state index < -0.39 is 5.91 Å². The third-order valence-corrected chi connectivity index (χ3v) is 2.46. The van der Waals surface area contributed by atoms with Gasteiger partial charge in [-0.15, -0.1) is 0 Å². The first-order valence-electron chi connectivity index (χ1n) is 5.74. The molecule has 1 aromatic carbocycles. The minimum Gasteiger partial charge on any atom is -0.497 e. The van der Waals surface area contributed by atoms with Crippen LogP contribution in [0.2, 0.25) is 0 Å². The van der Waals surface area contributed by atoms with Crippen molar-refractivity contribution in [2.45, 2.75) is 13.0 Å². The number of nitrogens with one attached hydrogen (secondary N) is 2. The van der Waals surface area contributed by atoms with E-state index in [1.807, 2.05) is 24.3 Å². The van der Waals surface area contributed by atoms with Crippen LogP contribution in [-0.2, 0) is 17.8 Å². The van der Waals surface area contributed by atoms with E-state index >= 15 is 0 Å². The summed E-state index contributed by atoms with van der Waals surface area (Å²) in [5.41, 5.74) is 6.00. The van der Waals surface area contributed by atoms with E-state index in [9.17, 15) is 4.79 Å². The first-order valence-corrected chi connectivity index (χ1v) is 5.74. The highest BCUT2D eigenvalue weighted by molar-refractivity contribution is 5.75. The number of anilines is 1. The molecule has 1 amide bonds. The van der Waals surface area contributed by atoms with Gasteiger partial charge in [0, 0.05) is 5.69 Å². The normalized spacial score (nSPS) is 10.2. The molecule has 0 atom stereocenters. The van der Waals surface area contributed by atoms with Crippen LogP contribution in [0.5, 0.6) is 5.75 Å². The van der Waals surface area contributed by atoms with Crippen molar-refractivity contribution < 1.29 is 9.53 Å². The lowest BCUT2D eigenvalue weighted by Crippen LogP contribution is -2.14. The Morgan fingerprint density at radius 1 is 1.42 bits per heavy atom. The number of rotatable bonds is 6. The Morgan fingerprint density at radius 3 is 2.79 bits per heavy atom. The van der Waals surface area contributed by atoms with Gasteiger partial charge in [-0.25, -0.2) is 4.98 Å². The van der Waals surface area contributed by atoms with Gasteiger partial charge in [0.05, 0.1) is 20.1 Å². The molecule has 0 aliphatic rings. The first-order chi connectivity index (χ1) is 9.17. The summed E-state index contributed by atoms with van der Waals surface area (Å²) in [6.45, 7) is 0.484. The molecule has 0 fully saturated rings. The Morgan fingerprint density at radius 2 is 2.16 bits per heavy atom. The molecule has 0 bridgehead atoms. The summed E-state index contributed by atoms with van der Waals surface area (Å²) in [5.74, 6) is 1.40. The van der Waals surface area contributed by atoms with Crippen molar-refractivity contribution in [3.63, 3.8) is 0 Å². The fourth-order valence-corrected chi connectivity index (χ4v) is 1.54. The van der Waals surface area contributed by atoms with Crippen LogP contribution >= 0.6 is 0 Å². The van der Waals surface area contributed by atoms with Gasteiger partial charge in [0.25, 0.3) is 0 Å². The summed E-state index contributed by atoms with van der Waals surface area (Å²) in [5, 5.41) is 9.82. The zero-order chi connectivity index (χ0) is 13.7. The van der Waals surface area contributed by atoms with Gasteiger partial charge in [0.2, 0.25) is 5.91 Å². The molecule has 100 valence electrons. The number of aromatic amines is 1. The largest absolute Gasteiger partial charge is 0.497 e. The van der Waals surface area contributed by atoms with Gasteiger partial charge in [-0.05, 0) is 24.3 Å². The van der Waals surface area contributed by atoms with E-state index in [4.69, 9.17) is 10.5 Å². The third kappa shape index (κ3) is 3.70. The Balaban J connectivity index is 1.90. The minimum absolute atomic E-state index is 0.0407. The summed E-state index contributed by atoms with van der Waals surface area (Å²) in [4.78, 5) is 14.9. The Labute approximate surface area is 110 Å². The fraction of sp³-hybridized carbons (Fsp3) is 0.250. The van der Waals surface area contributed by atoms with Gasteiger partial charge in [-0.3, -0.25) is 9.89 Å². The summed E-state index contributed by atoms with van der Waals surface area (Å²) in [6, 6.07) is 7.53. The van der Waals surface area contributed by atoms with Gasteiger partial charge in [0.1, 0.15) is 11.6 Å². The van der Waals surface area contributed by atoms with Crippen molar-refractivity contribution in [3.05, 3.63) is 35.9 Å². The van der Waals surface area contributed by atoms with E-state index in [2.05, 4.69) is 20.5 Å². The maximum absolute atomic E-state index is 10.7. The number of hydrogen-bond donors (Lipinski definition) is 3. The van der Waals surface area contributed by atoms with Crippen LogP contribution in [0.4, 0.5) is 5.69 Å². The number of benzene rings is 1. The van der Waals surface area contributed by atoms with Crippen LogP contribution in [0.3, 0.4) is 0 Å². The molecule has 0 aliphatic carbocycles. The number of primary amides is 1. The quantitative estimate of drug-likeness (QED) is 0.700. The molecule has 0 spiro atoms. The maximum Gasteiger partial charge on any atom is 0.225 e. The monoisotopic (exact) mass is 261 g/mol. The zero-order valence-electron chi connectivity index (χ0n) is 10.5. The molecule has 4 N–H and O–H groups in total. The molecule has 0 aliphatic heterocycles. The Bertz CT molecular complexity index is 550. The van der Waals surface area contributed by atoms with Gasteiger partial charge in [-0.2, -0.15) is 5.10 Å². The highest BCUT2D eigenvalue weighted by Gasteiger charge is 2.05. The molecule has 0 saturated heterocycles. The number of carbonyl (C=O) groups excluding carboxylic acids is 1. The number of nitrogens with zero attached hydrogens (tertiary/aromatic N) is 2. The van der Waals surface area contributed by atoms with E-state index in [0.717, 1.165) is 11.4 Å². The minimum atomic E-state index is -0.450. The van der Waals surface area contributed by atoms with Crippen LogP contribution in [0.25, 0.3) is 0 Å².